The number of anilines is 2. The molecule has 7 heteroatoms. The third-order valence-electron chi connectivity index (χ3n) is 2.43. The smallest absolute Gasteiger partial charge is 0.242 e. The van der Waals surface area contributed by atoms with Crippen LogP contribution in [0.3, 0.4) is 0 Å². The highest BCUT2D eigenvalue weighted by Crippen LogP contribution is 2.19. The molecule has 0 aliphatic heterocycles. The molecule has 1 heterocycles. The molecule has 1 amide bonds. The number of rotatable bonds is 4. The number of hydrogen-bond donors (Lipinski definition) is 3. The van der Waals surface area contributed by atoms with Crippen molar-refractivity contribution in [1.29, 1.82) is 0 Å². The van der Waals surface area contributed by atoms with Gasteiger partial charge in [-0.1, -0.05) is 0 Å². The summed E-state index contributed by atoms with van der Waals surface area (Å²) in [5.74, 6) is -0.908. The summed E-state index contributed by atoms with van der Waals surface area (Å²) in [6.07, 6.45) is 2.98. The van der Waals surface area contributed by atoms with Crippen LogP contribution in [0, 0.1) is 5.82 Å². The zero-order valence-corrected chi connectivity index (χ0v) is 9.40. The maximum Gasteiger partial charge on any atom is 0.242 e. The van der Waals surface area contributed by atoms with Gasteiger partial charge in [-0.15, -0.1) is 0 Å². The van der Waals surface area contributed by atoms with Crippen molar-refractivity contribution in [3.05, 3.63) is 12.0 Å². The minimum atomic E-state index is -0.634. The van der Waals surface area contributed by atoms with Crippen LogP contribution in [0.4, 0.5) is 16.2 Å². The average molecular weight is 239 g/mol. The lowest BCUT2D eigenvalue weighted by Gasteiger charge is -2.14. The second-order valence-corrected chi connectivity index (χ2v) is 4.07. The van der Waals surface area contributed by atoms with Crippen LogP contribution in [-0.4, -0.2) is 28.0 Å². The molecule has 1 fully saturated rings. The lowest BCUT2D eigenvalue weighted by atomic mass is 10.3. The van der Waals surface area contributed by atoms with Gasteiger partial charge in [0.05, 0.1) is 6.20 Å². The largest absolute Gasteiger partial charge is 0.368 e. The predicted molar refractivity (Wildman–Crippen MR) is 60.7 cm³/mol. The number of nitrogens with zero attached hydrogens (tertiary/aromatic N) is 2. The number of nitrogens with two attached hydrogens (primary N) is 1. The summed E-state index contributed by atoms with van der Waals surface area (Å²) < 4.78 is 13.3. The average Bonchev–Trinajstić information content (AvgIpc) is 3.07. The Balaban J connectivity index is 1.98. The molecule has 0 bridgehead atoms. The van der Waals surface area contributed by atoms with Gasteiger partial charge in [-0.2, -0.15) is 4.98 Å². The molecule has 1 atom stereocenters. The Kier molecular flexibility index (Phi) is 3.08. The molecule has 1 aliphatic rings. The molecule has 0 aromatic carbocycles. The van der Waals surface area contributed by atoms with Crippen molar-refractivity contribution in [2.24, 2.45) is 0 Å². The Morgan fingerprint density at radius 3 is 3.00 bits per heavy atom. The Labute approximate surface area is 97.8 Å². The highest BCUT2D eigenvalue weighted by Gasteiger charge is 2.26. The van der Waals surface area contributed by atoms with E-state index in [1.165, 1.54) is 0 Å². The Bertz CT molecular complexity index is 435. The van der Waals surface area contributed by atoms with Crippen LogP contribution in [0.1, 0.15) is 19.8 Å². The zero-order chi connectivity index (χ0) is 12.4. The Morgan fingerprint density at radius 2 is 2.35 bits per heavy atom. The van der Waals surface area contributed by atoms with Crippen molar-refractivity contribution in [3.63, 3.8) is 0 Å². The summed E-state index contributed by atoms with van der Waals surface area (Å²) in [4.78, 5) is 18.8. The number of amides is 1. The van der Waals surface area contributed by atoms with Crippen LogP contribution < -0.4 is 16.4 Å². The summed E-state index contributed by atoms with van der Waals surface area (Å²) in [5, 5.41) is 5.48. The van der Waals surface area contributed by atoms with Crippen LogP contribution in [0.5, 0.6) is 0 Å². The van der Waals surface area contributed by atoms with E-state index >= 15 is 0 Å². The minimum absolute atomic E-state index is 0.0382. The molecule has 1 aliphatic carbocycles. The first-order valence-electron chi connectivity index (χ1n) is 5.41. The second-order valence-electron chi connectivity index (χ2n) is 4.07. The van der Waals surface area contributed by atoms with Crippen LogP contribution in [0.2, 0.25) is 0 Å². The molecule has 1 saturated carbocycles. The predicted octanol–water partition coefficient (Wildman–Crippen LogP) is 0.277. The van der Waals surface area contributed by atoms with Crippen molar-refractivity contribution in [2.45, 2.75) is 31.8 Å². The van der Waals surface area contributed by atoms with E-state index in [1.807, 2.05) is 0 Å². The highest BCUT2D eigenvalue weighted by atomic mass is 19.1. The summed E-state index contributed by atoms with van der Waals surface area (Å²) in [6, 6.07) is -0.300. The third-order valence-corrected chi connectivity index (χ3v) is 2.43. The molecule has 4 N–H and O–H groups in total. The van der Waals surface area contributed by atoms with Gasteiger partial charge in [0.2, 0.25) is 11.9 Å². The van der Waals surface area contributed by atoms with E-state index in [4.69, 9.17) is 5.73 Å². The second kappa shape index (κ2) is 4.52. The van der Waals surface area contributed by atoms with Crippen molar-refractivity contribution in [3.8, 4) is 0 Å². The van der Waals surface area contributed by atoms with Crippen LogP contribution in [0.25, 0.3) is 0 Å². The Hall–Kier alpha value is -1.92. The minimum Gasteiger partial charge on any atom is -0.368 e. The molecule has 1 unspecified atom stereocenters. The standard InChI is InChI=1S/C10H14FN5O/c1-5(9(17)15-6-2-3-6)14-8-7(11)4-13-10(12)16-8/h4-6H,2-3H2,1H3,(H,15,17)(H3,12,13,14,16). The summed E-state index contributed by atoms with van der Waals surface area (Å²) in [6.45, 7) is 1.63. The molecule has 0 saturated heterocycles. The molecule has 17 heavy (non-hydrogen) atoms. The monoisotopic (exact) mass is 239 g/mol. The van der Waals surface area contributed by atoms with Gasteiger partial charge in [-0.25, -0.2) is 9.37 Å². The Morgan fingerprint density at radius 1 is 1.65 bits per heavy atom. The van der Waals surface area contributed by atoms with E-state index in [1.54, 1.807) is 6.92 Å². The number of aromatic nitrogens is 2. The fraction of sp³-hybridized carbons (Fsp3) is 0.500. The first-order chi connectivity index (χ1) is 8.06. The van der Waals surface area contributed by atoms with E-state index in [0.29, 0.717) is 0 Å². The number of carbonyl (C=O) groups is 1. The molecular formula is C10H14FN5O. The molecule has 0 spiro atoms. The van der Waals surface area contributed by atoms with Gasteiger partial charge in [-0.3, -0.25) is 4.79 Å². The maximum atomic E-state index is 13.3. The lowest BCUT2D eigenvalue weighted by Crippen LogP contribution is -2.39. The van der Waals surface area contributed by atoms with Crippen LogP contribution in [0.15, 0.2) is 6.20 Å². The van der Waals surface area contributed by atoms with Gasteiger partial charge in [-0.05, 0) is 19.8 Å². The lowest BCUT2D eigenvalue weighted by molar-refractivity contribution is -0.121. The van der Waals surface area contributed by atoms with Gasteiger partial charge in [0.15, 0.2) is 11.6 Å². The van der Waals surface area contributed by atoms with Gasteiger partial charge in [0, 0.05) is 6.04 Å². The summed E-state index contributed by atoms with van der Waals surface area (Å²) in [5.41, 5.74) is 5.34. The summed E-state index contributed by atoms with van der Waals surface area (Å²) >= 11 is 0. The SMILES string of the molecule is CC(Nc1nc(N)ncc1F)C(=O)NC1CC1. The van der Waals surface area contributed by atoms with Crippen molar-refractivity contribution >= 4 is 17.7 Å². The first-order valence-corrected chi connectivity index (χ1v) is 5.41. The van der Waals surface area contributed by atoms with Crippen molar-refractivity contribution in [2.75, 3.05) is 11.1 Å². The van der Waals surface area contributed by atoms with Gasteiger partial charge >= 0.3 is 0 Å². The number of hydrogen-bond acceptors (Lipinski definition) is 5. The van der Waals surface area contributed by atoms with E-state index in [0.717, 1.165) is 19.0 Å². The third kappa shape index (κ3) is 3.02. The molecule has 6 nitrogen and oxygen atoms in total. The van der Waals surface area contributed by atoms with Crippen molar-refractivity contribution < 1.29 is 9.18 Å². The van der Waals surface area contributed by atoms with Gasteiger partial charge < -0.3 is 16.4 Å². The fourth-order valence-electron chi connectivity index (χ4n) is 1.31. The van der Waals surface area contributed by atoms with Gasteiger partial charge in [0.25, 0.3) is 0 Å². The number of nitrogen functional groups attached to an aromatic ring is 1. The first kappa shape index (κ1) is 11.6. The summed E-state index contributed by atoms with van der Waals surface area (Å²) in [7, 11) is 0. The van der Waals surface area contributed by atoms with Crippen LogP contribution >= 0.6 is 0 Å². The van der Waals surface area contributed by atoms with Crippen LogP contribution in [-0.2, 0) is 4.79 Å². The molecule has 0 radical (unpaired) electrons. The van der Waals surface area contributed by atoms with E-state index in [-0.39, 0.29) is 23.7 Å². The molecular weight excluding hydrogens is 225 g/mol. The number of halogens is 1. The molecule has 92 valence electrons. The zero-order valence-electron chi connectivity index (χ0n) is 9.40. The van der Waals surface area contributed by atoms with Gasteiger partial charge in [0.1, 0.15) is 6.04 Å². The quantitative estimate of drug-likeness (QED) is 0.701. The van der Waals surface area contributed by atoms with E-state index in [9.17, 15) is 9.18 Å². The fourth-order valence-corrected chi connectivity index (χ4v) is 1.31. The normalized spacial score (nSPS) is 16.4. The topological polar surface area (TPSA) is 92.9 Å². The highest BCUT2D eigenvalue weighted by molar-refractivity contribution is 5.84. The molecule has 1 aromatic rings. The number of nitrogens with one attached hydrogen (secondary N) is 2. The van der Waals surface area contributed by atoms with Crippen molar-refractivity contribution in [1.82, 2.24) is 15.3 Å². The van der Waals surface area contributed by atoms with E-state index < -0.39 is 11.9 Å². The number of carbonyl (C=O) groups excluding carboxylic acids is 1. The molecule has 1 aromatic heterocycles. The van der Waals surface area contributed by atoms with E-state index in [2.05, 4.69) is 20.6 Å². The maximum absolute atomic E-state index is 13.3. The molecule has 2 rings (SSSR count).